The number of nitrogens with zero attached hydrogens (tertiary/aromatic N) is 1. The highest BCUT2D eigenvalue weighted by Crippen LogP contribution is 2.14. The molecule has 0 saturated carbocycles. The van der Waals surface area contributed by atoms with E-state index in [0.29, 0.717) is 73.4 Å². The molecule has 10 atom stereocenters. The average molecular weight is 1250 g/mol. The van der Waals surface area contributed by atoms with Gasteiger partial charge in [0.25, 0.3) is 11.8 Å². The Kier molecular flexibility index (Phi) is 64.8. The average Bonchev–Trinajstić information content (AvgIpc) is 3.85. The van der Waals surface area contributed by atoms with Gasteiger partial charge in [-0.3, -0.25) is 28.9 Å². The Labute approximate surface area is 498 Å². The van der Waals surface area contributed by atoms with Gasteiger partial charge >= 0.3 is 11.9 Å². The topological polar surface area (TPSA) is 384 Å². The van der Waals surface area contributed by atoms with E-state index < -0.39 is 43.4 Å². The van der Waals surface area contributed by atoms with Gasteiger partial charge in [-0.25, -0.2) is 0 Å². The van der Waals surface area contributed by atoms with Crippen LogP contribution >= 0.6 is 35.3 Å². The number of carbonyl (C=O) groups is 5. The van der Waals surface area contributed by atoms with Crippen LogP contribution < -0.4 is 5.32 Å². The molecule has 0 saturated heterocycles. The Balaban J connectivity index is -0.000000489. The Bertz CT molecular complexity index is 1410. The smallest absolute Gasteiger partial charge is 0.304 e. The molecular weight excluding hydrogens is 1150 g/mol. The third kappa shape index (κ3) is 50.9. The van der Waals surface area contributed by atoms with Crippen molar-refractivity contribution in [3.8, 4) is 0 Å². The number of thioether (sulfide) groups is 3. The van der Waals surface area contributed by atoms with Crippen LogP contribution in [0.15, 0.2) is 12.2 Å². The number of aliphatic hydroxyl groups excluding tert-OH is 7. The van der Waals surface area contributed by atoms with Crippen molar-refractivity contribution < 1.29 is 122 Å². The van der Waals surface area contributed by atoms with Crippen LogP contribution in [0.1, 0.15) is 86.0 Å². The lowest BCUT2D eigenvalue weighted by Gasteiger charge is -2.21. The van der Waals surface area contributed by atoms with Crippen molar-refractivity contribution in [1.29, 1.82) is 0 Å². The van der Waals surface area contributed by atoms with Gasteiger partial charge in [0.2, 0.25) is 5.91 Å². The molecule has 0 fully saturated rings. The molecule has 0 aliphatic carbocycles. The number of hydrogen-bond acceptors (Lipinski definition) is 26. The summed E-state index contributed by atoms with van der Waals surface area (Å²) in [6, 6.07) is 0. The Morgan fingerprint density at radius 2 is 0.756 bits per heavy atom. The first-order valence-electron chi connectivity index (χ1n) is 27.1. The molecule has 1 rings (SSSR count). The maximum Gasteiger partial charge on any atom is 0.304 e. The number of carboxylic acid groups (broad SMARTS) is 2. The van der Waals surface area contributed by atoms with Crippen molar-refractivity contribution in [3.63, 3.8) is 0 Å². The van der Waals surface area contributed by atoms with Crippen LogP contribution in [0, 0.1) is 0 Å². The van der Waals surface area contributed by atoms with E-state index in [9.17, 15) is 24.0 Å². The highest BCUT2D eigenvalue weighted by molar-refractivity contribution is 7.99. The minimum absolute atomic E-state index is 0.0316. The van der Waals surface area contributed by atoms with Gasteiger partial charge in [-0.15, -0.1) is 0 Å². The van der Waals surface area contributed by atoms with Crippen LogP contribution in [0.25, 0.3) is 0 Å². The number of rotatable bonds is 48. The second kappa shape index (κ2) is 61.7. The fourth-order valence-electron chi connectivity index (χ4n) is 5.53. The first kappa shape index (κ1) is 86.1. The lowest BCUT2D eigenvalue weighted by molar-refractivity contribution is -0.181. The van der Waals surface area contributed by atoms with Crippen molar-refractivity contribution >= 4 is 64.9 Å². The quantitative estimate of drug-likeness (QED) is 0.0233. The third-order valence-corrected chi connectivity index (χ3v) is 13.7. The van der Waals surface area contributed by atoms with Gasteiger partial charge in [0, 0.05) is 95.2 Å². The van der Waals surface area contributed by atoms with E-state index >= 15 is 0 Å². The summed E-state index contributed by atoms with van der Waals surface area (Å²) in [5, 5.41) is 81.4. The van der Waals surface area contributed by atoms with Crippen LogP contribution in [-0.4, -0.2) is 285 Å². The van der Waals surface area contributed by atoms with Crippen LogP contribution in [0.5, 0.6) is 0 Å². The number of carboxylic acids is 2. The zero-order valence-electron chi connectivity index (χ0n) is 49.8. The van der Waals surface area contributed by atoms with E-state index in [1.54, 1.807) is 18.9 Å². The summed E-state index contributed by atoms with van der Waals surface area (Å²) in [6.07, 6.45) is 3.05. The van der Waals surface area contributed by atoms with E-state index in [2.05, 4.69) is 5.32 Å². The van der Waals surface area contributed by atoms with Gasteiger partial charge in [0.15, 0.2) is 31.5 Å². The summed E-state index contributed by atoms with van der Waals surface area (Å²) in [7, 11) is 7.52. The number of imide groups is 1. The van der Waals surface area contributed by atoms with E-state index in [-0.39, 0.29) is 120 Å². The molecule has 10 unspecified atom stereocenters. The van der Waals surface area contributed by atoms with Crippen molar-refractivity contribution in [1.82, 2.24) is 10.2 Å². The van der Waals surface area contributed by atoms with Gasteiger partial charge in [0.05, 0.1) is 109 Å². The summed E-state index contributed by atoms with van der Waals surface area (Å²) in [4.78, 5) is 56.1. The molecule has 3 amide bonds. The van der Waals surface area contributed by atoms with Gasteiger partial charge in [-0.1, -0.05) is 34.6 Å². The fourth-order valence-corrected chi connectivity index (χ4v) is 8.22. The number of nitrogens with one attached hydrogen (secondary N) is 1. The standard InChI is InChI=1S/C18H30N2O7S.2C10H20O5S.2C7H16O4/c1-3-14(12-21)27-18(25-2)13-28-11-6-15(22)19-7-9-26-10-8-20-16(23)4-5-17(20)24;2*1-3-8(6-11)15-10(14-2)7-16-5-4-9(12)13;2*1-3-6(4-8)11-7(5-9)10-2/h4-5,14,18,21H,3,6-13H2,1-2H3,(H,19,22);2*8,10-11H,3-7H2,1-2H3,(H,12,13);2*6-9H,3-5H2,1-2H3. The number of carbonyl (C=O) groups excluding carboxylic acids is 3. The summed E-state index contributed by atoms with van der Waals surface area (Å²) < 4.78 is 57.0. The van der Waals surface area contributed by atoms with Gasteiger partial charge in [-0.05, 0) is 32.1 Å². The van der Waals surface area contributed by atoms with Crippen LogP contribution in [-0.2, 0) is 76.1 Å². The lowest BCUT2D eigenvalue weighted by atomic mass is 10.3. The molecule has 488 valence electrons. The minimum atomic E-state index is -0.802. The Hall–Kier alpha value is -2.38. The molecule has 1 heterocycles. The van der Waals surface area contributed by atoms with Crippen molar-refractivity contribution in [3.05, 3.63) is 12.2 Å². The summed E-state index contributed by atoms with van der Waals surface area (Å²) >= 11 is 4.47. The predicted molar refractivity (Wildman–Crippen MR) is 310 cm³/mol. The highest BCUT2D eigenvalue weighted by atomic mass is 32.2. The van der Waals surface area contributed by atoms with Crippen LogP contribution in [0.3, 0.4) is 0 Å². The van der Waals surface area contributed by atoms with Crippen LogP contribution in [0.4, 0.5) is 0 Å². The zero-order chi connectivity index (χ0) is 62.9. The molecule has 1 aliphatic heterocycles. The first-order chi connectivity index (χ1) is 39.3. The maximum absolute atomic E-state index is 11.8. The molecule has 10 N–H and O–H groups in total. The zero-order valence-corrected chi connectivity index (χ0v) is 52.3. The molecule has 82 heavy (non-hydrogen) atoms. The number of ether oxygens (including phenoxy) is 11. The van der Waals surface area contributed by atoms with E-state index in [0.717, 1.165) is 17.7 Å². The fraction of sp³-hybridized carbons (Fsp3) is 0.865. The molecule has 27 nitrogen and oxygen atoms in total. The number of hydrogen-bond donors (Lipinski definition) is 10. The molecule has 0 bridgehead atoms. The third-order valence-electron chi connectivity index (χ3n) is 10.7. The Morgan fingerprint density at radius 1 is 0.463 bits per heavy atom. The number of aliphatic carboxylic acids is 2. The predicted octanol–water partition coefficient (Wildman–Crippen LogP) is 1.31. The number of amides is 3. The number of methoxy groups -OCH3 is 5. The normalized spacial score (nSPS) is 15.5. The molecular formula is C52H102N2O25S3. The van der Waals surface area contributed by atoms with Gasteiger partial charge in [0.1, 0.15) is 0 Å². The van der Waals surface area contributed by atoms with Gasteiger partial charge < -0.3 is 103 Å². The lowest BCUT2D eigenvalue weighted by Crippen LogP contribution is -2.34. The van der Waals surface area contributed by atoms with Crippen LogP contribution in [0.2, 0.25) is 0 Å². The number of aliphatic hydroxyl groups is 7. The van der Waals surface area contributed by atoms with E-state index in [4.69, 9.17) is 98.1 Å². The molecule has 0 spiro atoms. The summed E-state index contributed by atoms with van der Waals surface area (Å²) in [5.74, 6) is 1.06. The minimum Gasteiger partial charge on any atom is -0.481 e. The maximum atomic E-state index is 11.8. The summed E-state index contributed by atoms with van der Waals surface area (Å²) in [5.41, 5.74) is 0. The monoisotopic (exact) mass is 1250 g/mol. The molecule has 0 aromatic heterocycles. The second-order valence-electron chi connectivity index (χ2n) is 16.8. The highest BCUT2D eigenvalue weighted by Gasteiger charge is 2.23. The largest absolute Gasteiger partial charge is 0.481 e. The molecule has 0 radical (unpaired) electrons. The summed E-state index contributed by atoms with van der Waals surface area (Å²) in [6.45, 7) is 10.1. The molecule has 1 aliphatic rings. The van der Waals surface area contributed by atoms with Gasteiger partial charge in [-0.2, -0.15) is 35.3 Å². The SMILES string of the molecule is CCC(CO)OC(CO)OC.CCC(CO)OC(CO)OC.CCC(CO)OC(CSCCC(=O)NCCOCCN1C(=O)C=CC1=O)OC.CCC(CO)OC(CSCCC(=O)O)OC.CCC(CO)OC(CSCCC(=O)O)OC. The van der Waals surface area contributed by atoms with Crippen molar-refractivity contribution in [2.24, 2.45) is 0 Å². The molecule has 0 aromatic carbocycles. The Morgan fingerprint density at radius 3 is 1.01 bits per heavy atom. The van der Waals surface area contributed by atoms with E-state index in [1.807, 2.05) is 34.6 Å². The first-order valence-corrected chi connectivity index (χ1v) is 30.5. The van der Waals surface area contributed by atoms with E-state index in [1.165, 1.54) is 64.1 Å². The van der Waals surface area contributed by atoms with Crippen molar-refractivity contribution in [2.75, 3.05) is 143 Å². The second-order valence-corrected chi connectivity index (χ2v) is 20.3. The molecule has 30 heteroatoms. The van der Waals surface area contributed by atoms with Crippen molar-refractivity contribution in [2.45, 2.75) is 148 Å². The molecule has 0 aromatic rings.